The van der Waals surface area contributed by atoms with Gasteiger partial charge in [-0.25, -0.2) is 4.79 Å². The molecule has 1 fully saturated rings. The highest BCUT2D eigenvalue weighted by Gasteiger charge is 2.25. The molecule has 2 aromatic carbocycles. The zero-order valence-corrected chi connectivity index (χ0v) is 15.1. The molecule has 3 rings (SSSR count). The second-order valence-electron chi connectivity index (χ2n) is 5.37. The lowest BCUT2D eigenvalue weighted by molar-refractivity contribution is -0.135. The van der Waals surface area contributed by atoms with Crippen LogP contribution in [0, 0.1) is 0 Å². The van der Waals surface area contributed by atoms with Crippen LogP contribution in [0.15, 0.2) is 69.7 Å². The van der Waals surface area contributed by atoms with Gasteiger partial charge >= 0.3 is 5.97 Å². The first-order valence-electron chi connectivity index (χ1n) is 7.85. The normalized spacial score (nSPS) is 16.9. The molecule has 1 saturated heterocycles. The quantitative estimate of drug-likeness (QED) is 0.367. The summed E-state index contributed by atoms with van der Waals surface area (Å²) in [4.78, 5) is 23.2. The van der Waals surface area contributed by atoms with Gasteiger partial charge in [-0.1, -0.05) is 36.4 Å². The first kappa shape index (κ1) is 18.4. The van der Waals surface area contributed by atoms with Crippen molar-refractivity contribution in [2.75, 3.05) is 7.11 Å². The molecule has 0 spiro atoms. The zero-order chi connectivity index (χ0) is 19.2. The van der Waals surface area contributed by atoms with Crippen molar-refractivity contribution in [3.63, 3.8) is 0 Å². The van der Waals surface area contributed by atoms with Crippen LogP contribution < -0.4 is 5.32 Å². The molecule has 27 heavy (non-hydrogen) atoms. The molecule has 1 amide bonds. The first-order chi connectivity index (χ1) is 13.1. The smallest absolute Gasteiger partial charge is 0.331 e. The summed E-state index contributed by atoms with van der Waals surface area (Å²) in [5.41, 5.74) is 2.68. The summed E-state index contributed by atoms with van der Waals surface area (Å²) in [7, 11) is 1.24. The number of amidine groups is 1. The molecule has 0 aliphatic carbocycles. The molecule has 8 heteroatoms. The van der Waals surface area contributed by atoms with Crippen LogP contribution in [0.2, 0.25) is 0 Å². The van der Waals surface area contributed by atoms with Gasteiger partial charge in [0.2, 0.25) is 0 Å². The number of benzene rings is 2. The Balaban J connectivity index is 1.79. The summed E-state index contributed by atoms with van der Waals surface area (Å²) in [6.07, 6.45) is 2.68. The molecule has 1 aliphatic rings. The number of ether oxygens (including phenoxy) is 1. The van der Waals surface area contributed by atoms with Gasteiger partial charge in [0.15, 0.2) is 5.17 Å². The van der Waals surface area contributed by atoms with E-state index in [1.807, 2.05) is 36.4 Å². The van der Waals surface area contributed by atoms with Gasteiger partial charge in [0.1, 0.15) is 5.75 Å². The van der Waals surface area contributed by atoms with Crippen LogP contribution in [0.3, 0.4) is 0 Å². The second kappa shape index (κ2) is 8.33. The highest BCUT2D eigenvalue weighted by atomic mass is 32.2. The predicted molar refractivity (Wildman–Crippen MR) is 104 cm³/mol. The van der Waals surface area contributed by atoms with Crippen LogP contribution in [-0.2, 0) is 14.3 Å². The van der Waals surface area contributed by atoms with Crippen LogP contribution in [-0.4, -0.2) is 35.5 Å². The number of carbonyl (C=O) groups is 2. The van der Waals surface area contributed by atoms with Crippen molar-refractivity contribution in [2.45, 2.75) is 0 Å². The molecule has 0 radical (unpaired) electrons. The number of thioether (sulfide) groups is 1. The molecule has 1 heterocycles. The van der Waals surface area contributed by atoms with E-state index in [0.29, 0.717) is 0 Å². The molecule has 0 bridgehead atoms. The number of hydrogen-bond acceptors (Lipinski definition) is 7. The molecule has 0 saturated carbocycles. The van der Waals surface area contributed by atoms with E-state index < -0.39 is 11.9 Å². The summed E-state index contributed by atoms with van der Waals surface area (Å²) in [6.45, 7) is 0. The molecule has 0 aromatic heterocycles. The van der Waals surface area contributed by atoms with Crippen LogP contribution in [0.1, 0.15) is 5.56 Å². The van der Waals surface area contributed by atoms with Gasteiger partial charge in [-0.3, -0.25) is 10.1 Å². The maximum absolute atomic E-state index is 11.8. The van der Waals surface area contributed by atoms with E-state index in [9.17, 15) is 14.7 Å². The third kappa shape index (κ3) is 4.62. The molecule has 0 atom stereocenters. The molecule has 1 aliphatic heterocycles. The Morgan fingerprint density at radius 3 is 2.67 bits per heavy atom. The second-order valence-corrected chi connectivity index (χ2v) is 6.40. The number of aromatic hydroxyl groups is 1. The van der Waals surface area contributed by atoms with Crippen LogP contribution in [0.4, 0.5) is 0 Å². The van der Waals surface area contributed by atoms with Crippen LogP contribution >= 0.6 is 11.8 Å². The average molecular weight is 381 g/mol. The van der Waals surface area contributed by atoms with E-state index in [0.717, 1.165) is 34.5 Å². The fourth-order valence-corrected chi connectivity index (χ4v) is 3.04. The van der Waals surface area contributed by atoms with E-state index in [-0.39, 0.29) is 15.8 Å². The maximum atomic E-state index is 11.8. The summed E-state index contributed by atoms with van der Waals surface area (Å²) in [6, 6.07) is 14.4. The van der Waals surface area contributed by atoms with Crippen LogP contribution in [0.5, 0.6) is 5.75 Å². The Bertz CT molecular complexity index is 965. The lowest BCUT2D eigenvalue weighted by Gasteiger charge is -2.05. The van der Waals surface area contributed by atoms with Crippen LogP contribution in [0.25, 0.3) is 11.1 Å². The van der Waals surface area contributed by atoms with Gasteiger partial charge in [-0.15, -0.1) is 5.10 Å². The standard InChI is InChI=1S/C19H15N3O4S/c1-26-17(24)10-16-18(25)21-19(27-16)22-20-11-13-4-2-3-5-15(13)12-6-8-14(23)9-7-12/h2-11,23H,1H3,(H,21,22,25)/b16-10+,20-11?. The van der Waals surface area contributed by atoms with Crippen molar-refractivity contribution in [3.05, 3.63) is 65.1 Å². The number of rotatable bonds is 4. The minimum atomic E-state index is -0.611. The fraction of sp³-hybridized carbons (Fsp3) is 0.0526. The van der Waals surface area contributed by atoms with E-state index in [1.165, 1.54) is 7.11 Å². The topological polar surface area (TPSA) is 100 Å². The van der Waals surface area contributed by atoms with Gasteiger partial charge in [0.25, 0.3) is 5.91 Å². The minimum absolute atomic E-state index is 0.195. The molecule has 2 aromatic rings. The Morgan fingerprint density at radius 2 is 1.93 bits per heavy atom. The molecule has 0 unspecified atom stereocenters. The van der Waals surface area contributed by atoms with Gasteiger partial charge < -0.3 is 9.84 Å². The highest BCUT2D eigenvalue weighted by molar-refractivity contribution is 8.18. The number of methoxy groups -OCH3 is 1. The number of phenols is 1. The van der Waals surface area contributed by atoms with Crippen molar-refractivity contribution in [3.8, 4) is 16.9 Å². The summed E-state index contributed by atoms with van der Waals surface area (Å²) in [5.74, 6) is -0.842. The van der Waals surface area contributed by atoms with Crippen molar-refractivity contribution in [2.24, 2.45) is 10.2 Å². The number of carbonyl (C=O) groups excluding carboxylic acids is 2. The van der Waals surface area contributed by atoms with Gasteiger partial charge in [-0.2, -0.15) is 5.10 Å². The Kier molecular flexibility index (Phi) is 5.68. The Morgan fingerprint density at radius 1 is 1.19 bits per heavy atom. The molecule has 2 N–H and O–H groups in total. The largest absolute Gasteiger partial charge is 0.508 e. The van der Waals surface area contributed by atoms with Gasteiger partial charge in [0, 0.05) is 11.6 Å². The highest BCUT2D eigenvalue weighted by Crippen LogP contribution is 2.25. The molecular formula is C19H15N3O4S. The average Bonchev–Trinajstić information content (AvgIpc) is 3.02. The van der Waals surface area contributed by atoms with E-state index in [1.54, 1.807) is 18.3 Å². The van der Waals surface area contributed by atoms with Crippen molar-refractivity contribution < 1.29 is 19.4 Å². The van der Waals surface area contributed by atoms with E-state index in [2.05, 4.69) is 20.3 Å². The summed E-state index contributed by atoms with van der Waals surface area (Å²) < 4.78 is 4.50. The van der Waals surface area contributed by atoms with Gasteiger partial charge in [0.05, 0.1) is 18.2 Å². The summed E-state index contributed by atoms with van der Waals surface area (Å²) >= 11 is 1.01. The van der Waals surface area contributed by atoms with Crippen molar-refractivity contribution in [1.29, 1.82) is 0 Å². The first-order valence-corrected chi connectivity index (χ1v) is 8.67. The number of hydrogen-bond donors (Lipinski definition) is 2. The third-order valence-corrected chi connectivity index (χ3v) is 4.49. The lowest BCUT2D eigenvalue weighted by Crippen LogP contribution is -2.19. The fourth-order valence-electron chi connectivity index (χ4n) is 2.30. The number of phenolic OH excluding ortho intramolecular Hbond substituents is 1. The molecule has 136 valence electrons. The Labute approximate surface area is 159 Å². The SMILES string of the molecule is COC(=O)/C=C1/S/C(=N\N=Cc2ccccc2-c2ccc(O)cc2)NC1=O. The maximum Gasteiger partial charge on any atom is 0.331 e. The third-order valence-electron chi connectivity index (χ3n) is 3.59. The minimum Gasteiger partial charge on any atom is -0.508 e. The monoisotopic (exact) mass is 381 g/mol. The van der Waals surface area contributed by atoms with E-state index in [4.69, 9.17) is 0 Å². The van der Waals surface area contributed by atoms with Crippen molar-refractivity contribution >= 4 is 35.0 Å². The number of amides is 1. The van der Waals surface area contributed by atoms with Gasteiger partial charge in [-0.05, 0) is 35.0 Å². The van der Waals surface area contributed by atoms with Crippen molar-refractivity contribution in [1.82, 2.24) is 5.32 Å². The number of nitrogens with one attached hydrogen (secondary N) is 1. The van der Waals surface area contributed by atoms with E-state index >= 15 is 0 Å². The number of esters is 1. The molecule has 7 nitrogen and oxygen atoms in total. The number of nitrogens with zero attached hydrogens (tertiary/aromatic N) is 2. The zero-order valence-electron chi connectivity index (χ0n) is 14.2. The summed E-state index contributed by atoms with van der Waals surface area (Å²) in [5, 5.41) is 20.3. The lowest BCUT2D eigenvalue weighted by atomic mass is 10.0. The Hall–Kier alpha value is -3.39. The molecular weight excluding hydrogens is 366 g/mol. The predicted octanol–water partition coefficient (Wildman–Crippen LogP) is 2.67.